The van der Waals surface area contributed by atoms with E-state index in [2.05, 4.69) is 20.2 Å². The molecule has 0 saturated carbocycles. The lowest BCUT2D eigenvalue weighted by Gasteiger charge is -2.20. The second-order valence-corrected chi connectivity index (χ2v) is 7.72. The van der Waals surface area contributed by atoms with Crippen molar-refractivity contribution in [3.63, 3.8) is 0 Å². The summed E-state index contributed by atoms with van der Waals surface area (Å²) >= 11 is 0. The number of carboxylic acids is 1. The molecule has 1 aromatic carbocycles. The van der Waals surface area contributed by atoms with Crippen LogP contribution in [0.5, 0.6) is 0 Å². The van der Waals surface area contributed by atoms with E-state index in [4.69, 9.17) is 14.6 Å². The number of amides is 1. The standard InChI is InChI=1S/C19H21FN4O2.C2HF3O2/c20-15-3-1-13(2-4-15)9-24-10-16-14(12-26-18(16)11-24)7-23-19(25)17-8-21-5-6-22-17;3-2(4,5)1(6)7/h1-6,8,14,16,18H,7,9-12H2,(H,23,25);(H,6,7)/t14-,16-,18-;/m1./s1. The van der Waals surface area contributed by atoms with Gasteiger partial charge in [0.15, 0.2) is 0 Å². The summed E-state index contributed by atoms with van der Waals surface area (Å²) in [4.78, 5) is 31.3. The van der Waals surface area contributed by atoms with Gasteiger partial charge in [-0.15, -0.1) is 0 Å². The fourth-order valence-corrected chi connectivity index (χ4v) is 3.80. The zero-order valence-corrected chi connectivity index (χ0v) is 17.3. The lowest BCUT2D eigenvalue weighted by Crippen LogP contribution is -2.34. The van der Waals surface area contributed by atoms with Gasteiger partial charge in [-0.2, -0.15) is 13.2 Å². The van der Waals surface area contributed by atoms with Crippen LogP contribution in [0.3, 0.4) is 0 Å². The minimum atomic E-state index is -5.08. The number of alkyl halides is 3. The Hall–Kier alpha value is -3.12. The molecule has 2 fully saturated rings. The fourth-order valence-electron chi connectivity index (χ4n) is 3.80. The van der Waals surface area contributed by atoms with E-state index in [1.165, 1.54) is 24.5 Å². The van der Waals surface area contributed by atoms with Gasteiger partial charge in [0.1, 0.15) is 11.5 Å². The first-order chi connectivity index (χ1) is 15.6. The minimum absolute atomic E-state index is 0.203. The summed E-state index contributed by atoms with van der Waals surface area (Å²) in [5.41, 5.74) is 1.42. The lowest BCUT2D eigenvalue weighted by molar-refractivity contribution is -0.192. The molecule has 0 spiro atoms. The van der Waals surface area contributed by atoms with Gasteiger partial charge in [0.2, 0.25) is 0 Å². The molecule has 0 radical (unpaired) electrons. The Morgan fingerprint density at radius 3 is 2.48 bits per heavy atom. The molecule has 0 bridgehead atoms. The van der Waals surface area contributed by atoms with Crippen molar-refractivity contribution in [3.8, 4) is 0 Å². The molecule has 2 aliphatic rings. The highest BCUT2D eigenvalue weighted by molar-refractivity contribution is 5.91. The quantitative estimate of drug-likeness (QED) is 0.645. The highest BCUT2D eigenvalue weighted by Gasteiger charge is 2.43. The molecule has 2 aromatic rings. The Morgan fingerprint density at radius 2 is 1.88 bits per heavy atom. The van der Waals surface area contributed by atoms with E-state index >= 15 is 0 Å². The van der Waals surface area contributed by atoms with Gasteiger partial charge >= 0.3 is 12.1 Å². The van der Waals surface area contributed by atoms with Crippen LogP contribution in [0.15, 0.2) is 42.9 Å². The Kier molecular flexibility index (Phi) is 7.92. The van der Waals surface area contributed by atoms with Crippen LogP contribution in [0.4, 0.5) is 17.6 Å². The van der Waals surface area contributed by atoms with E-state index in [1.54, 1.807) is 6.20 Å². The van der Waals surface area contributed by atoms with Crippen LogP contribution in [0.1, 0.15) is 16.1 Å². The number of fused-ring (bicyclic) bond motifs is 1. The first kappa shape index (κ1) is 24.5. The maximum atomic E-state index is 13.0. The van der Waals surface area contributed by atoms with Crippen molar-refractivity contribution < 1.29 is 37.0 Å². The van der Waals surface area contributed by atoms with Crippen molar-refractivity contribution in [2.24, 2.45) is 11.8 Å². The molecule has 2 aliphatic heterocycles. The van der Waals surface area contributed by atoms with E-state index in [0.717, 1.165) is 25.2 Å². The summed E-state index contributed by atoms with van der Waals surface area (Å²) < 4.78 is 50.7. The normalized spacial score (nSPS) is 22.2. The molecule has 1 amide bonds. The molecule has 1 aromatic heterocycles. The van der Waals surface area contributed by atoms with Crippen molar-refractivity contribution in [1.82, 2.24) is 20.2 Å². The highest BCUT2D eigenvalue weighted by atomic mass is 19.4. The minimum Gasteiger partial charge on any atom is -0.475 e. The zero-order valence-electron chi connectivity index (χ0n) is 17.3. The molecule has 3 atom stereocenters. The number of halogens is 4. The van der Waals surface area contributed by atoms with Crippen LogP contribution in [0.2, 0.25) is 0 Å². The van der Waals surface area contributed by atoms with E-state index < -0.39 is 12.1 Å². The molecule has 4 rings (SSSR count). The van der Waals surface area contributed by atoms with Crippen LogP contribution in [-0.4, -0.2) is 70.4 Å². The predicted molar refractivity (Wildman–Crippen MR) is 106 cm³/mol. The maximum absolute atomic E-state index is 13.0. The van der Waals surface area contributed by atoms with Gasteiger partial charge < -0.3 is 15.2 Å². The van der Waals surface area contributed by atoms with Crippen LogP contribution in [-0.2, 0) is 16.1 Å². The monoisotopic (exact) mass is 470 g/mol. The number of carbonyl (C=O) groups excluding carboxylic acids is 1. The topological polar surface area (TPSA) is 105 Å². The highest BCUT2D eigenvalue weighted by Crippen LogP contribution is 2.34. The number of likely N-dealkylation sites (tertiary alicyclic amines) is 1. The summed E-state index contributed by atoms with van der Waals surface area (Å²) in [7, 11) is 0. The van der Waals surface area contributed by atoms with Crippen molar-refractivity contribution in [3.05, 3.63) is 59.9 Å². The molecule has 178 valence electrons. The Bertz CT molecular complexity index is 944. The largest absolute Gasteiger partial charge is 0.490 e. The van der Waals surface area contributed by atoms with Crippen LogP contribution in [0.25, 0.3) is 0 Å². The number of hydrogen-bond donors (Lipinski definition) is 2. The summed E-state index contributed by atoms with van der Waals surface area (Å²) in [6.07, 6.45) is -0.369. The number of benzene rings is 1. The van der Waals surface area contributed by atoms with E-state index in [9.17, 15) is 22.4 Å². The molecule has 8 nitrogen and oxygen atoms in total. The average Bonchev–Trinajstić information content (AvgIpc) is 3.34. The van der Waals surface area contributed by atoms with E-state index in [1.807, 2.05) is 12.1 Å². The SMILES string of the molecule is O=C(NC[C@@H]1CO[C@@H]2CN(Cc3ccc(F)cc3)C[C@H]12)c1cnccn1.O=C(O)C(F)(F)F. The van der Waals surface area contributed by atoms with Gasteiger partial charge in [0, 0.05) is 50.4 Å². The third kappa shape index (κ3) is 6.93. The summed E-state index contributed by atoms with van der Waals surface area (Å²) in [5.74, 6) is -2.49. The van der Waals surface area contributed by atoms with E-state index in [-0.39, 0.29) is 17.8 Å². The van der Waals surface area contributed by atoms with E-state index in [0.29, 0.717) is 30.7 Å². The van der Waals surface area contributed by atoms with Crippen molar-refractivity contribution in [1.29, 1.82) is 0 Å². The number of carboxylic acid groups (broad SMARTS) is 1. The third-order valence-corrected chi connectivity index (χ3v) is 5.40. The van der Waals surface area contributed by atoms with Crippen molar-refractivity contribution in [2.75, 3.05) is 26.2 Å². The number of carbonyl (C=O) groups is 2. The van der Waals surface area contributed by atoms with Crippen LogP contribution < -0.4 is 5.32 Å². The van der Waals surface area contributed by atoms with Crippen molar-refractivity contribution >= 4 is 11.9 Å². The third-order valence-electron chi connectivity index (χ3n) is 5.40. The molecule has 33 heavy (non-hydrogen) atoms. The van der Waals surface area contributed by atoms with Crippen LogP contribution in [0, 0.1) is 17.7 Å². The smallest absolute Gasteiger partial charge is 0.475 e. The van der Waals surface area contributed by atoms with Gasteiger partial charge in [-0.25, -0.2) is 14.2 Å². The first-order valence-corrected chi connectivity index (χ1v) is 10.1. The Labute approximate surface area is 186 Å². The molecule has 0 aliphatic carbocycles. The first-order valence-electron chi connectivity index (χ1n) is 10.1. The number of hydrogen-bond acceptors (Lipinski definition) is 6. The number of nitrogens with zero attached hydrogens (tertiary/aromatic N) is 3. The number of aromatic nitrogens is 2. The maximum Gasteiger partial charge on any atom is 0.490 e. The van der Waals surface area contributed by atoms with Gasteiger partial charge in [-0.3, -0.25) is 14.7 Å². The summed E-state index contributed by atoms with van der Waals surface area (Å²) in [5, 5.41) is 10.1. The molecule has 2 N–H and O–H groups in total. The molecule has 0 unspecified atom stereocenters. The molecular formula is C21H22F4N4O4. The second kappa shape index (κ2) is 10.7. The molecule has 12 heteroatoms. The molecular weight excluding hydrogens is 448 g/mol. The predicted octanol–water partition coefficient (Wildman–Crippen LogP) is 2.13. The number of nitrogens with one attached hydrogen (secondary N) is 1. The molecule has 3 heterocycles. The Morgan fingerprint density at radius 1 is 1.18 bits per heavy atom. The van der Waals surface area contributed by atoms with Gasteiger partial charge in [0.25, 0.3) is 5.91 Å². The van der Waals surface area contributed by atoms with Gasteiger partial charge in [-0.05, 0) is 17.7 Å². The summed E-state index contributed by atoms with van der Waals surface area (Å²) in [6, 6.07) is 6.63. The van der Waals surface area contributed by atoms with Gasteiger partial charge in [0.05, 0.1) is 18.9 Å². The van der Waals surface area contributed by atoms with Crippen molar-refractivity contribution in [2.45, 2.75) is 18.8 Å². The molecule has 2 saturated heterocycles. The average molecular weight is 470 g/mol. The Balaban J connectivity index is 0.000000383. The number of ether oxygens (including phenoxy) is 1. The number of rotatable bonds is 5. The zero-order chi connectivity index (χ0) is 24.0. The van der Waals surface area contributed by atoms with Gasteiger partial charge in [-0.1, -0.05) is 12.1 Å². The lowest BCUT2D eigenvalue weighted by atomic mass is 9.93. The van der Waals surface area contributed by atoms with Crippen LogP contribution >= 0.6 is 0 Å². The fraction of sp³-hybridized carbons (Fsp3) is 0.429. The number of aliphatic carboxylic acids is 1. The summed E-state index contributed by atoms with van der Waals surface area (Å²) in [6.45, 7) is 3.82. The second-order valence-electron chi connectivity index (χ2n) is 7.72.